The number of aliphatic hydroxyl groups is 1. The average molecular weight is 278 g/mol. The van der Waals surface area contributed by atoms with Gasteiger partial charge in [-0.2, -0.15) is 0 Å². The molecule has 0 spiro atoms. The normalized spacial score (nSPS) is 13.9. The lowest BCUT2D eigenvalue weighted by Crippen LogP contribution is -2.23. The molecule has 0 aliphatic heterocycles. The minimum absolute atomic E-state index is 0.651. The summed E-state index contributed by atoms with van der Waals surface area (Å²) >= 11 is 1.54. The molecule has 0 saturated carbocycles. The first-order valence-electron chi connectivity index (χ1n) is 6.00. The third-order valence-electron chi connectivity index (χ3n) is 3.24. The summed E-state index contributed by atoms with van der Waals surface area (Å²) in [5, 5.41) is 12.9. The minimum atomic E-state index is -1.10. The van der Waals surface area contributed by atoms with E-state index in [4.69, 9.17) is 9.47 Å². The van der Waals surface area contributed by atoms with Crippen LogP contribution in [0.1, 0.15) is 22.9 Å². The van der Waals surface area contributed by atoms with Crippen molar-refractivity contribution >= 4 is 11.3 Å². The minimum Gasteiger partial charge on any atom is -0.497 e. The van der Waals surface area contributed by atoms with Crippen LogP contribution >= 0.6 is 11.3 Å². The summed E-state index contributed by atoms with van der Waals surface area (Å²) < 4.78 is 10.6. The van der Waals surface area contributed by atoms with Crippen molar-refractivity contribution in [3.8, 4) is 11.5 Å². The summed E-state index contributed by atoms with van der Waals surface area (Å²) in [6.45, 7) is 3.77. The van der Waals surface area contributed by atoms with E-state index in [0.717, 1.165) is 10.4 Å². The summed E-state index contributed by atoms with van der Waals surface area (Å²) in [6.07, 6.45) is 0. The van der Waals surface area contributed by atoms with E-state index in [0.29, 0.717) is 17.1 Å². The second-order valence-corrected chi connectivity index (χ2v) is 5.49. The zero-order valence-corrected chi connectivity index (χ0v) is 12.4. The van der Waals surface area contributed by atoms with Gasteiger partial charge in [-0.25, -0.2) is 0 Å². The van der Waals surface area contributed by atoms with Gasteiger partial charge < -0.3 is 14.6 Å². The van der Waals surface area contributed by atoms with Gasteiger partial charge in [0.05, 0.1) is 14.2 Å². The predicted octanol–water partition coefficient (Wildman–Crippen LogP) is 3.33. The van der Waals surface area contributed by atoms with E-state index in [1.807, 2.05) is 36.6 Å². The zero-order chi connectivity index (χ0) is 14.0. The van der Waals surface area contributed by atoms with E-state index in [9.17, 15) is 5.11 Å². The third kappa shape index (κ3) is 2.46. The predicted molar refractivity (Wildman–Crippen MR) is 77.3 cm³/mol. The van der Waals surface area contributed by atoms with Gasteiger partial charge in [0.15, 0.2) is 0 Å². The van der Waals surface area contributed by atoms with Crippen LogP contribution in [0.3, 0.4) is 0 Å². The fraction of sp³-hybridized carbons (Fsp3) is 0.333. The Morgan fingerprint density at radius 1 is 1.16 bits per heavy atom. The molecule has 0 amide bonds. The van der Waals surface area contributed by atoms with Gasteiger partial charge in [-0.05, 0) is 49.1 Å². The Kier molecular flexibility index (Phi) is 3.83. The molecule has 19 heavy (non-hydrogen) atoms. The van der Waals surface area contributed by atoms with Crippen LogP contribution in [-0.2, 0) is 5.60 Å². The molecule has 0 radical (unpaired) electrons. The molecule has 1 heterocycles. The SMILES string of the molecule is COc1ccc(OC)c(C(C)(O)c2sccc2C)c1. The van der Waals surface area contributed by atoms with E-state index >= 15 is 0 Å². The summed E-state index contributed by atoms with van der Waals surface area (Å²) in [6, 6.07) is 7.45. The van der Waals surface area contributed by atoms with Crippen LogP contribution < -0.4 is 9.47 Å². The average Bonchev–Trinajstić information content (AvgIpc) is 2.85. The molecule has 2 rings (SSSR count). The Balaban J connectivity index is 2.59. The maximum atomic E-state index is 10.9. The van der Waals surface area contributed by atoms with Gasteiger partial charge in [0, 0.05) is 10.4 Å². The number of hydrogen-bond acceptors (Lipinski definition) is 4. The molecule has 1 atom stereocenters. The Hall–Kier alpha value is -1.52. The maximum absolute atomic E-state index is 10.9. The van der Waals surface area contributed by atoms with E-state index in [1.54, 1.807) is 21.1 Å². The highest BCUT2D eigenvalue weighted by molar-refractivity contribution is 7.10. The lowest BCUT2D eigenvalue weighted by molar-refractivity contribution is 0.102. The summed E-state index contributed by atoms with van der Waals surface area (Å²) in [7, 11) is 3.21. The molecule has 2 aromatic rings. The number of aryl methyl sites for hydroxylation is 1. The molecule has 1 aromatic heterocycles. The fourth-order valence-corrected chi connectivity index (χ4v) is 3.19. The number of methoxy groups -OCH3 is 2. The van der Waals surface area contributed by atoms with E-state index in [1.165, 1.54) is 11.3 Å². The first-order valence-corrected chi connectivity index (χ1v) is 6.88. The molecule has 4 heteroatoms. The molecule has 0 fully saturated rings. The highest BCUT2D eigenvalue weighted by Crippen LogP contribution is 2.40. The number of ether oxygens (including phenoxy) is 2. The van der Waals surface area contributed by atoms with Gasteiger partial charge >= 0.3 is 0 Å². The largest absolute Gasteiger partial charge is 0.497 e. The Morgan fingerprint density at radius 3 is 2.42 bits per heavy atom. The van der Waals surface area contributed by atoms with Crippen molar-refractivity contribution in [2.24, 2.45) is 0 Å². The zero-order valence-electron chi connectivity index (χ0n) is 11.6. The van der Waals surface area contributed by atoms with Crippen molar-refractivity contribution in [2.75, 3.05) is 14.2 Å². The van der Waals surface area contributed by atoms with Crippen LogP contribution in [-0.4, -0.2) is 19.3 Å². The molecule has 0 aliphatic rings. The second-order valence-electron chi connectivity index (χ2n) is 4.57. The second kappa shape index (κ2) is 5.23. The fourth-order valence-electron chi connectivity index (χ4n) is 2.19. The first-order chi connectivity index (χ1) is 9.00. The van der Waals surface area contributed by atoms with Gasteiger partial charge in [0.25, 0.3) is 0 Å². The van der Waals surface area contributed by atoms with Gasteiger partial charge in [0.1, 0.15) is 17.1 Å². The molecule has 0 saturated heterocycles. The van der Waals surface area contributed by atoms with Gasteiger partial charge in [-0.15, -0.1) is 11.3 Å². The van der Waals surface area contributed by atoms with Gasteiger partial charge in [0.2, 0.25) is 0 Å². The molecular weight excluding hydrogens is 260 g/mol. The van der Waals surface area contributed by atoms with Gasteiger partial charge in [-0.3, -0.25) is 0 Å². The molecule has 0 bridgehead atoms. The van der Waals surface area contributed by atoms with Crippen molar-refractivity contribution in [2.45, 2.75) is 19.4 Å². The lowest BCUT2D eigenvalue weighted by atomic mass is 9.91. The molecule has 0 aliphatic carbocycles. The maximum Gasteiger partial charge on any atom is 0.125 e. The third-order valence-corrected chi connectivity index (χ3v) is 4.46. The highest BCUT2D eigenvalue weighted by atomic mass is 32.1. The monoisotopic (exact) mass is 278 g/mol. The smallest absolute Gasteiger partial charge is 0.125 e. The van der Waals surface area contributed by atoms with Crippen molar-refractivity contribution in [1.82, 2.24) is 0 Å². The van der Waals surface area contributed by atoms with E-state index in [-0.39, 0.29) is 0 Å². The Morgan fingerprint density at radius 2 is 1.89 bits per heavy atom. The lowest BCUT2D eigenvalue weighted by Gasteiger charge is -2.26. The number of benzene rings is 1. The number of thiophene rings is 1. The Bertz CT molecular complexity index is 573. The van der Waals surface area contributed by atoms with Crippen molar-refractivity contribution in [3.05, 3.63) is 45.6 Å². The van der Waals surface area contributed by atoms with Crippen LogP contribution in [0.25, 0.3) is 0 Å². The Labute approximate surface area is 117 Å². The van der Waals surface area contributed by atoms with Crippen molar-refractivity contribution in [3.63, 3.8) is 0 Å². The molecule has 1 aromatic carbocycles. The van der Waals surface area contributed by atoms with Crippen LogP contribution in [0.2, 0.25) is 0 Å². The number of hydrogen-bond donors (Lipinski definition) is 1. The van der Waals surface area contributed by atoms with Crippen LogP contribution in [0, 0.1) is 6.92 Å². The molecule has 1 N–H and O–H groups in total. The van der Waals surface area contributed by atoms with Crippen molar-refractivity contribution < 1.29 is 14.6 Å². The number of rotatable bonds is 4. The molecule has 1 unspecified atom stereocenters. The molecular formula is C15H18O3S. The first kappa shape index (κ1) is 13.9. The van der Waals surface area contributed by atoms with Crippen LogP contribution in [0.4, 0.5) is 0 Å². The van der Waals surface area contributed by atoms with Gasteiger partial charge in [-0.1, -0.05) is 0 Å². The summed E-state index contributed by atoms with van der Waals surface area (Å²) in [5.41, 5.74) is 0.678. The highest BCUT2D eigenvalue weighted by Gasteiger charge is 2.32. The van der Waals surface area contributed by atoms with Crippen LogP contribution in [0.5, 0.6) is 11.5 Å². The molecule has 3 nitrogen and oxygen atoms in total. The topological polar surface area (TPSA) is 38.7 Å². The standard InChI is InChI=1S/C15H18O3S/c1-10-7-8-19-14(10)15(2,16)12-9-11(17-3)5-6-13(12)18-4/h5-9,16H,1-4H3. The quantitative estimate of drug-likeness (QED) is 0.932. The molecule has 102 valence electrons. The van der Waals surface area contributed by atoms with Crippen molar-refractivity contribution in [1.29, 1.82) is 0 Å². The van der Waals surface area contributed by atoms with E-state index < -0.39 is 5.60 Å². The van der Waals surface area contributed by atoms with Crippen LogP contribution in [0.15, 0.2) is 29.6 Å². The summed E-state index contributed by atoms with van der Waals surface area (Å²) in [5.74, 6) is 1.35. The van der Waals surface area contributed by atoms with E-state index in [2.05, 4.69) is 0 Å². The summed E-state index contributed by atoms with van der Waals surface area (Å²) in [4.78, 5) is 0.916.